The molecule has 40 valence electrons. The van der Waals surface area contributed by atoms with Crippen LogP contribution in [0, 0.1) is 0 Å². The topological polar surface area (TPSA) is 0 Å². The molecule has 0 amide bonds. The Bertz CT molecular complexity index is 3.25. The third-order valence-corrected chi connectivity index (χ3v) is 0. The summed E-state index contributed by atoms with van der Waals surface area (Å²) in [4.78, 5) is 0. The minimum absolute atomic E-state index is 0. The maximum atomic E-state index is 2.92. The third-order valence-electron chi connectivity index (χ3n) is 0. The van der Waals surface area contributed by atoms with Gasteiger partial charge in [0.25, 0.3) is 0 Å². The third kappa shape index (κ3) is 8.87. The number of hydrogen-bond acceptors (Lipinski definition) is 0. The van der Waals surface area contributed by atoms with Crippen LogP contribution in [0.4, 0.5) is 0 Å². The fourth-order valence-electron chi connectivity index (χ4n) is 0. The van der Waals surface area contributed by atoms with Crippen molar-refractivity contribution < 1.29 is 62.0 Å². The van der Waals surface area contributed by atoms with Gasteiger partial charge in [0.15, 0.2) is 0 Å². The van der Waals surface area contributed by atoms with Crippen LogP contribution in [0.25, 0.3) is 0 Å². The molecule has 0 unspecified atom stereocenters. The van der Waals surface area contributed by atoms with Crippen LogP contribution in [-0.2, 0) is 62.0 Å². The number of hydrogen-bond donors (Lipinski definition) is 0. The van der Waals surface area contributed by atoms with E-state index in [1.807, 2.05) is 19.0 Å². The molecule has 0 rings (SSSR count). The van der Waals surface area contributed by atoms with E-state index in [0.29, 0.717) is 0 Å². The van der Waals surface area contributed by atoms with E-state index in [9.17, 15) is 0 Å². The zero-order chi connectivity index (χ0) is 2.00. The van der Waals surface area contributed by atoms with Crippen LogP contribution in [0.2, 0.25) is 0 Å². The normalized spacial score (nSPS) is 1.75. The van der Waals surface area contributed by atoms with Gasteiger partial charge in [-0.25, -0.2) is 0 Å². The second kappa shape index (κ2) is 16.8. The van der Waals surface area contributed by atoms with Crippen molar-refractivity contribution in [1.29, 1.82) is 0 Å². The maximum absolute atomic E-state index is 2.92. The van der Waals surface area contributed by atoms with E-state index < -0.39 is 0 Å². The van der Waals surface area contributed by atoms with E-state index in [4.69, 9.17) is 0 Å². The van der Waals surface area contributed by atoms with E-state index in [-0.39, 0.29) is 44.8 Å². The summed E-state index contributed by atoms with van der Waals surface area (Å²) < 4.78 is 0. The second-order valence-electron chi connectivity index (χ2n) is 0. The summed E-state index contributed by atoms with van der Waals surface area (Å²) in [6.45, 7) is 0. The van der Waals surface area contributed by atoms with Crippen LogP contribution >= 0.6 is 19.0 Å². The Morgan fingerprint density at radius 1 is 1.00 bits per heavy atom. The average Bonchev–Trinajstić information content (AvgIpc) is 1.00. The van der Waals surface area contributed by atoms with E-state index >= 15 is 0 Å². The molecule has 2 radical (unpaired) electrons. The molecule has 0 aliphatic carbocycles. The molecule has 0 nitrogen and oxygen atoms in total. The van der Waals surface area contributed by atoms with E-state index in [0.717, 1.165) is 0 Å². The van der Waals surface area contributed by atoms with Crippen molar-refractivity contribution in [2.45, 2.75) is 0 Å². The van der Waals surface area contributed by atoms with Gasteiger partial charge in [-0.1, -0.05) is 0 Å². The van der Waals surface area contributed by atoms with Crippen molar-refractivity contribution in [2.75, 3.05) is 0 Å². The van der Waals surface area contributed by atoms with E-state index in [1.54, 1.807) is 0 Å². The predicted octanol–water partition coefficient (Wildman–Crippen LogP) is 0.878. The summed E-state index contributed by atoms with van der Waals surface area (Å²) in [5, 5.41) is 0. The first-order valence-electron chi connectivity index (χ1n) is 0.114. The molecule has 4 heavy (non-hydrogen) atoms. The summed E-state index contributed by atoms with van der Waals surface area (Å²) in [6, 6.07) is 0. The van der Waals surface area contributed by atoms with Gasteiger partial charge in [-0.15, -0.1) is 0 Å². The first-order chi connectivity index (χ1) is 1.00. The Morgan fingerprint density at radius 3 is 1.00 bits per heavy atom. The van der Waals surface area contributed by atoms with Gasteiger partial charge >= 0.3 is 36.3 Å². The molecule has 0 fully saturated rings. The van der Waals surface area contributed by atoms with Crippen molar-refractivity contribution in [3.8, 4) is 0 Å². The molecule has 0 N–H and O–H groups in total. The molecule has 0 aromatic carbocycles. The average molecular weight is 451 g/mol. The van der Waals surface area contributed by atoms with Crippen molar-refractivity contribution in [1.82, 2.24) is 0 Å². The van der Waals surface area contributed by atoms with E-state index in [1.165, 1.54) is 0 Å². The molecule has 0 heterocycles. The Hall–Kier alpha value is 2.95. The molecule has 4 heteroatoms. The fraction of sp³-hybridized carbons (Fsp3) is 0. The van der Waals surface area contributed by atoms with Crippen LogP contribution in [0.1, 0.15) is 0 Å². The summed E-state index contributed by atoms with van der Waals surface area (Å²) in [7, 11) is 0. The molecule has 0 aromatic rings. The van der Waals surface area contributed by atoms with Gasteiger partial charge in [0.1, 0.15) is 0 Å². The van der Waals surface area contributed by atoms with Gasteiger partial charge in [-0.05, 0) is 0 Å². The molecular weight excluding hydrogens is 451 g/mol. The zero-order valence-electron chi connectivity index (χ0n) is 1.28. The Balaban J connectivity index is -0.00000000500. The van der Waals surface area contributed by atoms with Gasteiger partial charge < -0.3 is 0 Å². The molecule has 0 aliphatic rings. The van der Waals surface area contributed by atoms with Crippen LogP contribution in [0.5, 0.6) is 0 Å². The predicted molar refractivity (Wildman–Crippen MR) is 14.0 cm³/mol. The molecule has 0 saturated carbocycles. The summed E-state index contributed by atoms with van der Waals surface area (Å²) in [5.74, 6) is 0. The summed E-state index contributed by atoms with van der Waals surface area (Å²) in [5.41, 5.74) is 0. The van der Waals surface area contributed by atoms with Crippen LogP contribution in [0.15, 0.2) is 0 Å². The van der Waals surface area contributed by atoms with Crippen LogP contribution in [-0.4, -0.2) is 0 Å². The van der Waals surface area contributed by atoms with Crippen molar-refractivity contribution in [3.05, 3.63) is 0 Å². The summed E-state index contributed by atoms with van der Waals surface area (Å²) in [6.07, 6.45) is 0. The Morgan fingerprint density at radius 2 is 1.00 bits per heavy atom. The molecule has 0 atom stereocenters. The molecular formula is Ag3I. The quantitative estimate of drug-likeness (QED) is 0.380. The zero-order valence-corrected chi connectivity index (χ0v) is 7.89. The van der Waals surface area contributed by atoms with Crippen molar-refractivity contribution >= 4 is 19.0 Å². The molecule has 0 spiro atoms. The Labute approximate surface area is 79.3 Å². The van der Waals surface area contributed by atoms with E-state index in [2.05, 4.69) is 17.3 Å². The van der Waals surface area contributed by atoms with Gasteiger partial charge in [0.2, 0.25) is 0 Å². The molecule has 0 aromatic heterocycles. The Kier molecular flexibility index (Phi) is 66.0. The summed E-state index contributed by atoms with van der Waals surface area (Å²) >= 11 is 4.88. The molecule has 0 aliphatic heterocycles. The van der Waals surface area contributed by atoms with Crippen molar-refractivity contribution in [2.24, 2.45) is 0 Å². The van der Waals surface area contributed by atoms with Gasteiger partial charge in [-0.3, -0.25) is 0 Å². The molecule has 0 bridgehead atoms. The first kappa shape index (κ1) is 15.8. The van der Waals surface area contributed by atoms with Crippen molar-refractivity contribution in [3.63, 3.8) is 0 Å². The van der Waals surface area contributed by atoms with Crippen LogP contribution < -0.4 is 0 Å². The standard InChI is InChI=1S/3Ag.HI/h;;;1H/q;;+1;/p-1. The SMILES string of the molecule is [Ag].[Ag].[Ag][I]. The second-order valence-corrected chi connectivity index (χ2v) is 0. The first-order valence-corrected chi connectivity index (χ1v) is 4.52. The number of halogens is 1. The van der Waals surface area contributed by atoms with Gasteiger partial charge in [0.05, 0.1) is 0 Å². The van der Waals surface area contributed by atoms with Crippen LogP contribution in [0.3, 0.4) is 0 Å². The molecule has 0 saturated heterocycles. The monoisotopic (exact) mass is 448 g/mol. The fourth-order valence-corrected chi connectivity index (χ4v) is 0. The number of rotatable bonds is 0. The van der Waals surface area contributed by atoms with Gasteiger partial charge in [0, 0.05) is 44.8 Å². The minimum atomic E-state index is 0. The van der Waals surface area contributed by atoms with Gasteiger partial charge in [-0.2, -0.15) is 0 Å².